The number of benzene rings is 2. The molecule has 0 aliphatic heterocycles. The third-order valence-corrected chi connectivity index (χ3v) is 4.14. The number of ether oxygens (including phenoxy) is 1. The summed E-state index contributed by atoms with van der Waals surface area (Å²) in [7, 11) is 0. The second-order valence-electron chi connectivity index (χ2n) is 6.00. The van der Waals surface area contributed by atoms with Gasteiger partial charge in [-0.3, -0.25) is 14.4 Å². The third kappa shape index (κ3) is 6.42. The van der Waals surface area contributed by atoms with Crippen molar-refractivity contribution in [2.24, 2.45) is 0 Å². The van der Waals surface area contributed by atoms with Crippen LogP contribution >= 0.6 is 11.6 Å². The van der Waals surface area contributed by atoms with E-state index in [1.807, 2.05) is 32.0 Å². The van der Waals surface area contributed by atoms with Crippen LogP contribution < -0.4 is 10.6 Å². The number of hydrogen-bond donors (Lipinski definition) is 2. The molecule has 7 heteroatoms. The lowest BCUT2D eigenvalue weighted by atomic mass is 10.1. The number of nitrogens with one attached hydrogen (secondary N) is 2. The normalized spacial score (nSPS) is 10.2. The summed E-state index contributed by atoms with van der Waals surface area (Å²) in [6, 6.07) is 12.5. The molecule has 0 heterocycles. The van der Waals surface area contributed by atoms with Crippen LogP contribution in [-0.2, 0) is 19.1 Å². The fourth-order valence-electron chi connectivity index (χ4n) is 2.40. The Morgan fingerprint density at radius 2 is 1.56 bits per heavy atom. The van der Waals surface area contributed by atoms with Crippen molar-refractivity contribution in [3.63, 3.8) is 0 Å². The SMILES string of the molecule is Cc1cccc(C)c1NC(=O)COC(=O)CCC(=O)Nc1ccccc1Cl. The Morgan fingerprint density at radius 1 is 0.889 bits per heavy atom. The number of esters is 1. The molecule has 0 saturated carbocycles. The van der Waals surface area contributed by atoms with Crippen molar-refractivity contribution in [3.8, 4) is 0 Å². The molecule has 0 unspecified atom stereocenters. The molecule has 0 aliphatic carbocycles. The summed E-state index contributed by atoms with van der Waals surface area (Å²) in [6.45, 7) is 3.36. The number of carbonyl (C=O) groups is 3. The van der Waals surface area contributed by atoms with Crippen LogP contribution in [0.1, 0.15) is 24.0 Å². The quantitative estimate of drug-likeness (QED) is 0.705. The maximum absolute atomic E-state index is 12.0. The molecule has 0 radical (unpaired) electrons. The monoisotopic (exact) mass is 388 g/mol. The van der Waals surface area contributed by atoms with Gasteiger partial charge in [-0.2, -0.15) is 0 Å². The number of aryl methyl sites for hydroxylation is 2. The molecule has 2 N–H and O–H groups in total. The molecule has 2 rings (SSSR count). The number of hydrogen-bond acceptors (Lipinski definition) is 4. The summed E-state index contributed by atoms with van der Waals surface area (Å²) in [6.07, 6.45) is -0.199. The van der Waals surface area contributed by atoms with Crippen molar-refractivity contribution in [2.45, 2.75) is 26.7 Å². The molecule has 0 fully saturated rings. The highest BCUT2D eigenvalue weighted by Gasteiger charge is 2.13. The van der Waals surface area contributed by atoms with Crippen molar-refractivity contribution in [1.29, 1.82) is 0 Å². The molecule has 0 aliphatic rings. The van der Waals surface area contributed by atoms with E-state index >= 15 is 0 Å². The molecule has 142 valence electrons. The highest BCUT2D eigenvalue weighted by atomic mass is 35.5. The van der Waals surface area contributed by atoms with Crippen molar-refractivity contribution in [1.82, 2.24) is 0 Å². The molecule has 0 aromatic heterocycles. The van der Waals surface area contributed by atoms with Gasteiger partial charge in [-0.15, -0.1) is 0 Å². The second-order valence-corrected chi connectivity index (χ2v) is 6.41. The fourth-order valence-corrected chi connectivity index (χ4v) is 2.58. The fraction of sp³-hybridized carbons (Fsp3) is 0.250. The van der Waals surface area contributed by atoms with Gasteiger partial charge in [0.05, 0.1) is 17.1 Å². The van der Waals surface area contributed by atoms with E-state index in [-0.39, 0.29) is 18.7 Å². The van der Waals surface area contributed by atoms with E-state index in [9.17, 15) is 14.4 Å². The first-order chi connectivity index (χ1) is 12.9. The number of carbonyl (C=O) groups excluding carboxylic acids is 3. The maximum atomic E-state index is 12.0. The maximum Gasteiger partial charge on any atom is 0.306 e. The van der Waals surface area contributed by atoms with E-state index in [0.29, 0.717) is 16.4 Å². The molecule has 0 bridgehead atoms. The van der Waals surface area contributed by atoms with Gasteiger partial charge in [0.2, 0.25) is 5.91 Å². The highest BCUT2D eigenvalue weighted by Crippen LogP contribution is 2.21. The van der Waals surface area contributed by atoms with Crippen LogP contribution in [0.15, 0.2) is 42.5 Å². The zero-order valence-corrected chi connectivity index (χ0v) is 15.9. The van der Waals surface area contributed by atoms with Crippen molar-refractivity contribution < 1.29 is 19.1 Å². The van der Waals surface area contributed by atoms with Crippen molar-refractivity contribution >= 4 is 40.8 Å². The summed E-state index contributed by atoms with van der Waals surface area (Å²) in [5.41, 5.74) is 3.03. The van der Waals surface area contributed by atoms with Crippen molar-refractivity contribution in [2.75, 3.05) is 17.2 Å². The lowest BCUT2D eigenvalue weighted by molar-refractivity contribution is -0.147. The largest absolute Gasteiger partial charge is 0.456 e. The lowest BCUT2D eigenvalue weighted by Crippen LogP contribution is -2.22. The van der Waals surface area contributed by atoms with Gasteiger partial charge >= 0.3 is 5.97 Å². The number of para-hydroxylation sites is 2. The zero-order chi connectivity index (χ0) is 19.8. The van der Waals surface area contributed by atoms with Gasteiger partial charge in [-0.25, -0.2) is 0 Å². The van der Waals surface area contributed by atoms with E-state index in [4.69, 9.17) is 16.3 Å². The predicted octanol–water partition coefficient (Wildman–Crippen LogP) is 3.86. The number of rotatable bonds is 7. The average Bonchev–Trinajstić information content (AvgIpc) is 2.63. The van der Waals surface area contributed by atoms with Crippen LogP contribution in [0.5, 0.6) is 0 Å². The smallest absolute Gasteiger partial charge is 0.306 e. The van der Waals surface area contributed by atoms with Crippen LogP contribution in [0.4, 0.5) is 11.4 Å². The molecular formula is C20H21ClN2O4. The van der Waals surface area contributed by atoms with Crippen LogP contribution in [0.25, 0.3) is 0 Å². The zero-order valence-electron chi connectivity index (χ0n) is 15.2. The van der Waals surface area contributed by atoms with Gasteiger partial charge < -0.3 is 15.4 Å². The van der Waals surface area contributed by atoms with Crippen LogP contribution in [-0.4, -0.2) is 24.4 Å². The highest BCUT2D eigenvalue weighted by molar-refractivity contribution is 6.33. The van der Waals surface area contributed by atoms with E-state index in [1.54, 1.807) is 24.3 Å². The molecule has 2 aromatic rings. The standard InChI is InChI=1S/C20H21ClN2O4/c1-13-6-5-7-14(2)20(13)23-18(25)12-27-19(26)11-10-17(24)22-16-9-4-3-8-15(16)21/h3-9H,10-12H2,1-2H3,(H,22,24)(H,23,25). The Hall–Kier alpha value is -2.86. The van der Waals surface area contributed by atoms with E-state index in [0.717, 1.165) is 11.1 Å². The Balaban J connectivity index is 1.73. The van der Waals surface area contributed by atoms with E-state index in [2.05, 4.69) is 10.6 Å². The molecule has 2 amide bonds. The van der Waals surface area contributed by atoms with E-state index < -0.39 is 18.5 Å². The topological polar surface area (TPSA) is 84.5 Å². The van der Waals surface area contributed by atoms with Gasteiger partial charge in [0.25, 0.3) is 5.91 Å². The summed E-state index contributed by atoms with van der Waals surface area (Å²) >= 11 is 5.95. The van der Waals surface area contributed by atoms with Crippen LogP contribution in [0, 0.1) is 13.8 Å². The summed E-state index contributed by atoms with van der Waals surface area (Å²) in [4.78, 5) is 35.6. The van der Waals surface area contributed by atoms with Crippen molar-refractivity contribution in [3.05, 3.63) is 58.6 Å². The van der Waals surface area contributed by atoms with Gasteiger partial charge in [-0.05, 0) is 37.1 Å². The molecular weight excluding hydrogens is 368 g/mol. The molecule has 0 saturated heterocycles. The molecule has 2 aromatic carbocycles. The van der Waals surface area contributed by atoms with Crippen LogP contribution in [0.2, 0.25) is 5.02 Å². The first kappa shape index (κ1) is 20.5. The van der Waals surface area contributed by atoms with Gasteiger partial charge in [0.15, 0.2) is 6.61 Å². The number of anilines is 2. The number of halogens is 1. The molecule has 0 atom stereocenters. The average molecular weight is 389 g/mol. The Labute approximate surface area is 162 Å². The Kier molecular flexibility index (Phi) is 7.37. The minimum atomic E-state index is -0.624. The first-order valence-corrected chi connectivity index (χ1v) is 8.80. The van der Waals surface area contributed by atoms with Crippen LogP contribution in [0.3, 0.4) is 0 Å². The van der Waals surface area contributed by atoms with Gasteiger partial charge in [-0.1, -0.05) is 41.9 Å². The second kappa shape index (κ2) is 9.73. The summed E-state index contributed by atoms with van der Waals surface area (Å²) < 4.78 is 4.92. The summed E-state index contributed by atoms with van der Waals surface area (Å²) in [5.74, 6) is -1.41. The Morgan fingerprint density at radius 3 is 2.22 bits per heavy atom. The molecule has 27 heavy (non-hydrogen) atoms. The Bertz CT molecular complexity index is 831. The lowest BCUT2D eigenvalue weighted by Gasteiger charge is -2.11. The first-order valence-electron chi connectivity index (χ1n) is 8.43. The van der Waals surface area contributed by atoms with Gasteiger partial charge in [0, 0.05) is 12.1 Å². The number of amides is 2. The van der Waals surface area contributed by atoms with E-state index in [1.165, 1.54) is 0 Å². The molecule has 6 nitrogen and oxygen atoms in total. The predicted molar refractivity (Wildman–Crippen MR) is 105 cm³/mol. The molecule has 0 spiro atoms. The minimum absolute atomic E-state index is 0.0669. The van der Waals surface area contributed by atoms with Gasteiger partial charge in [0.1, 0.15) is 0 Å². The summed E-state index contributed by atoms with van der Waals surface area (Å²) in [5, 5.41) is 5.76. The third-order valence-electron chi connectivity index (χ3n) is 3.81. The minimum Gasteiger partial charge on any atom is -0.456 e.